The highest BCUT2D eigenvalue weighted by Gasteiger charge is 2.07. The normalized spacial score (nSPS) is 11.0. The van der Waals surface area contributed by atoms with Crippen molar-refractivity contribution in [3.63, 3.8) is 0 Å². The zero-order valence-corrected chi connectivity index (χ0v) is 13.0. The van der Waals surface area contributed by atoms with Gasteiger partial charge in [0.05, 0.1) is 28.2 Å². The molecular weight excluding hydrogens is 307 g/mol. The van der Waals surface area contributed by atoms with Crippen LogP contribution in [0.5, 0.6) is 5.75 Å². The van der Waals surface area contributed by atoms with Gasteiger partial charge in [-0.15, -0.1) is 0 Å². The number of aromatic amines is 1. The number of ether oxygens (including phenoxy) is 1. The summed E-state index contributed by atoms with van der Waals surface area (Å²) in [6.45, 7) is 0. The van der Waals surface area contributed by atoms with Crippen LogP contribution in [0.3, 0.4) is 0 Å². The molecule has 0 aliphatic heterocycles. The Labute approximate surface area is 132 Å². The molecule has 108 valence electrons. The number of methoxy groups -OCH3 is 1. The number of imidazole rings is 1. The van der Waals surface area contributed by atoms with Crippen LogP contribution in [0.25, 0.3) is 11.0 Å². The summed E-state index contributed by atoms with van der Waals surface area (Å²) in [4.78, 5) is 7.82. The van der Waals surface area contributed by atoms with Crippen LogP contribution in [0.1, 0.15) is 11.4 Å². The molecule has 0 atom stereocenters. The Hall–Kier alpha value is -1.71. The fraction of sp³-hybridized carbons (Fsp3) is 0.188. The molecule has 0 radical (unpaired) electrons. The Bertz CT molecular complexity index is 727. The van der Waals surface area contributed by atoms with Gasteiger partial charge in [-0.05, 0) is 36.2 Å². The Balaban J connectivity index is 1.75. The van der Waals surface area contributed by atoms with Crippen LogP contribution in [0.2, 0.25) is 10.0 Å². The van der Waals surface area contributed by atoms with E-state index in [1.54, 1.807) is 13.2 Å². The molecule has 0 spiro atoms. The number of fused-ring (bicyclic) bond motifs is 1. The summed E-state index contributed by atoms with van der Waals surface area (Å²) in [7, 11) is 1.67. The molecule has 0 aliphatic carbocycles. The maximum absolute atomic E-state index is 6.01. The lowest BCUT2D eigenvalue weighted by molar-refractivity contribution is 0.414. The van der Waals surface area contributed by atoms with Crippen molar-refractivity contribution in [2.75, 3.05) is 7.11 Å². The van der Waals surface area contributed by atoms with Gasteiger partial charge in [0.2, 0.25) is 0 Å². The highest BCUT2D eigenvalue weighted by atomic mass is 35.5. The molecule has 0 bridgehead atoms. The molecule has 0 saturated carbocycles. The Morgan fingerprint density at radius 3 is 2.48 bits per heavy atom. The Kier molecular flexibility index (Phi) is 4.04. The minimum absolute atomic E-state index is 0.525. The maximum Gasteiger partial charge on any atom is 0.118 e. The second kappa shape index (κ2) is 5.96. The zero-order valence-electron chi connectivity index (χ0n) is 11.5. The molecule has 0 unspecified atom stereocenters. The molecule has 5 heteroatoms. The number of H-pyrrole nitrogens is 1. The van der Waals surface area contributed by atoms with Crippen molar-refractivity contribution in [3.05, 3.63) is 57.8 Å². The van der Waals surface area contributed by atoms with Crippen LogP contribution >= 0.6 is 23.2 Å². The fourth-order valence-corrected chi connectivity index (χ4v) is 2.55. The van der Waals surface area contributed by atoms with Gasteiger partial charge in [0, 0.05) is 6.42 Å². The van der Waals surface area contributed by atoms with E-state index < -0.39 is 0 Å². The van der Waals surface area contributed by atoms with Gasteiger partial charge in [0.15, 0.2) is 0 Å². The minimum Gasteiger partial charge on any atom is -0.497 e. The number of halogens is 2. The first-order valence-corrected chi connectivity index (χ1v) is 7.38. The van der Waals surface area contributed by atoms with Gasteiger partial charge in [-0.1, -0.05) is 35.3 Å². The van der Waals surface area contributed by atoms with Crippen LogP contribution in [0.15, 0.2) is 36.4 Å². The van der Waals surface area contributed by atoms with Crippen molar-refractivity contribution in [2.24, 2.45) is 0 Å². The number of aromatic nitrogens is 2. The second-order valence-electron chi connectivity index (χ2n) is 4.82. The van der Waals surface area contributed by atoms with E-state index in [-0.39, 0.29) is 0 Å². The molecule has 1 aromatic heterocycles. The predicted molar refractivity (Wildman–Crippen MR) is 86.5 cm³/mol. The first kappa shape index (κ1) is 14.2. The lowest BCUT2D eigenvalue weighted by atomic mass is 10.1. The first-order chi connectivity index (χ1) is 10.2. The van der Waals surface area contributed by atoms with Crippen LogP contribution in [0.4, 0.5) is 0 Å². The van der Waals surface area contributed by atoms with Gasteiger partial charge in [0.25, 0.3) is 0 Å². The van der Waals surface area contributed by atoms with Crippen LogP contribution in [-0.4, -0.2) is 17.1 Å². The van der Waals surface area contributed by atoms with Gasteiger partial charge in [-0.25, -0.2) is 4.98 Å². The summed E-state index contributed by atoms with van der Waals surface area (Å²) < 4.78 is 5.15. The SMILES string of the molecule is COc1ccc(CCc2nc3cc(Cl)c(Cl)cc3[nH]2)cc1. The van der Waals surface area contributed by atoms with Gasteiger partial charge < -0.3 is 9.72 Å². The van der Waals surface area contributed by atoms with Gasteiger partial charge in [-0.3, -0.25) is 0 Å². The molecule has 3 nitrogen and oxygen atoms in total. The summed E-state index contributed by atoms with van der Waals surface area (Å²) in [6, 6.07) is 11.7. The van der Waals surface area contributed by atoms with Crippen molar-refractivity contribution in [2.45, 2.75) is 12.8 Å². The standard InChI is InChI=1S/C16H14Cl2N2O/c1-21-11-5-2-10(3-6-11)4-7-16-19-14-8-12(17)13(18)9-15(14)20-16/h2-3,5-6,8-9H,4,7H2,1H3,(H,19,20). The fourth-order valence-electron chi connectivity index (χ4n) is 2.23. The van der Waals surface area contributed by atoms with Crippen LogP contribution in [-0.2, 0) is 12.8 Å². The summed E-state index contributed by atoms with van der Waals surface area (Å²) in [6.07, 6.45) is 1.74. The van der Waals surface area contributed by atoms with E-state index in [9.17, 15) is 0 Å². The molecule has 3 rings (SSSR count). The van der Waals surface area contributed by atoms with E-state index >= 15 is 0 Å². The molecular formula is C16H14Cl2N2O. The van der Waals surface area contributed by atoms with Crippen molar-refractivity contribution < 1.29 is 4.74 Å². The topological polar surface area (TPSA) is 37.9 Å². The monoisotopic (exact) mass is 320 g/mol. The average Bonchev–Trinajstić information content (AvgIpc) is 2.88. The number of hydrogen-bond donors (Lipinski definition) is 1. The molecule has 1 heterocycles. The molecule has 3 aromatic rings. The van der Waals surface area contributed by atoms with Crippen LogP contribution in [0, 0.1) is 0 Å². The van der Waals surface area contributed by atoms with Crippen molar-refractivity contribution in [3.8, 4) is 5.75 Å². The lowest BCUT2D eigenvalue weighted by Gasteiger charge is -2.02. The molecule has 0 aliphatic rings. The quantitative estimate of drug-likeness (QED) is 0.759. The molecule has 1 N–H and O–H groups in total. The van der Waals surface area contributed by atoms with E-state index in [0.717, 1.165) is 35.4 Å². The van der Waals surface area contributed by atoms with E-state index in [1.807, 2.05) is 18.2 Å². The molecule has 21 heavy (non-hydrogen) atoms. The van der Waals surface area contributed by atoms with Gasteiger partial charge in [-0.2, -0.15) is 0 Å². The summed E-state index contributed by atoms with van der Waals surface area (Å²) in [5.41, 5.74) is 3.00. The highest BCUT2D eigenvalue weighted by molar-refractivity contribution is 6.42. The summed E-state index contributed by atoms with van der Waals surface area (Å²) in [5.74, 6) is 1.80. The molecule has 0 fully saturated rings. The third kappa shape index (κ3) is 3.14. The number of nitrogens with one attached hydrogen (secondary N) is 1. The van der Waals surface area contributed by atoms with Gasteiger partial charge in [0.1, 0.15) is 11.6 Å². The number of hydrogen-bond acceptors (Lipinski definition) is 2. The molecule has 2 aromatic carbocycles. The largest absolute Gasteiger partial charge is 0.497 e. The number of nitrogens with zero attached hydrogens (tertiary/aromatic N) is 1. The lowest BCUT2D eigenvalue weighted by Crippen LogP contribution is -1.93. The summed E-state index contributed by atoms with van der Waals surface area (Å²) in [5, 5.41) is 1.06. The second-order valence-corrected chi connectivity index (χ2v) is 5.63. The summed E-state index contributed by atoms with van der Waals surface area (Å²) >= 11 is 12.0. The van der Waals surface area contributed by atoms with Crippen molar-refractivity contribution in [1.29, 1.82) is 0 Å². The zero-order chi connectivity index (χ0) is 14.8. The van der Waals surface area contributed by atoms with E-state index in [2.05, 4.69) is 22.1 Å². The van der Waals surface area contributed by atoms with Gasteiger partial charge >= 0.3 is 0 Å². The van der Waals surface area contributed by atoms with Crippen molar-refractivity contribution in [1.82, 2.24) is 9.97 Å². The third-order valence-corrected chi connectivity index (χ3v) is 4.10. The van der Waals surface area contributed by atoms with Crippen molar-refractivity contribution >= 4 is 34.2 Å². The van der Waals surface area contributed by atoms with E-state index in [1.165, 1.54) is 5.56 Å². The number of benzene rings is 2. The predicted octanol–water partition coefficient (Wildman–Crippen LogP) is 4.66. The van der Waals surface area contributed by atoms with E-state index in [4.69, 9.17) is 27.9 Å². The smallest absolute Gasteiger partial charge is 0.118 e. The third-order valence-electron chi connectivity index (χ3n) is 3.38. The van der Waals surface area contributed by atoms with Crippen LogP contribution < -0.4 is 4.74 Å². The number of aryl methyl sites for hydroxylation is 2. The Morgan fingerprint density at radius 1 is 1.05 bits per heavy atom. The first-order valence-electron chi connectivity index (χ1n) is 6.62. The maximum atomic E-state index is 6.01. The van der Waals surface area contributed by atoms with E-state index in [0.29, 0.717) is 10.0 Å². The highest BCUT2D eigenvalue weighted by Crippen LogP contribution is 2.26. The minimum atomic E-state index is 0.525. The molecule has 0 saturated heterocycles. The Morgan fingerprint density at radius 2 is 1.76 bits per heavy atom. The molecule has 0 amide bonds. The average molecular weight is 321 g/mol. The number of rotatable bonds is 4.